The molecule has 0 saturated heterocycles. The van der Waals surface area contributed by atoms with Gasteiger partial charge in [-0.25, -0.2) is 0 Å². The Bertz CT molecular complexity index is 669. The van der Waals surface area contributed by atoms with Gasteiger partial charge >= 0.3 is 0 Å². The number of methoxy groups -OCH3 is 1. The van der Waals surface area contributed by atoms with E-state index in [1.807, 2.05) is 56.5 Å². The number of hydrogen-bond donors (Lipinski definition) is 0. The minimum atomic E-state index is 0.603. The average molecular weight is 425 g/mol. The minimum absolute atomic E-state index is 0.603. The maximum Gasteiger partial charge on any atom is 0.174 e. The van der Waals surface area contributed by atoms with Crippen molar-refractivity contribution in [2.75, 3.05) is 20.3 Å². The Morgan fingerprint density at radius 3 is 2.35 bits per heavy atom. The molecule has 0 bridgehead atoms. The maximum absolute atomic E-state index is 5.62. The molecular weight excluding hydrogens is 405 g/mol. The topological polar surface area (TPSA) is 40.0 Å². The number of ether oxygens (including phenoxy) is 3. The monoisotopic (exact) mass is 425 g/mol. The fraction of sp³-hybridized carbons (Fsp3) is 0.278. The van der Waals surface area contributed by atoms with Crippen LogP contribution in [-0.2, 0) is 0 Å². The maximum atomic E-state index is 5.62. The fourth-order valence-corrected chi connectivity index (χ4v) is 2.82. The molecular formula is C18H20INO3. The lowest BCUT2D eigenvalue weighted by Gasteiger charge is -2.12. The third-order valence-corrected chi connectivity index (χ3v) is 3.85. The molecule has 2 rings (SSSR count). The van der Waals surface area contributed by atoms with E-state index in [-0.39, 0.29) is 0 Å². The lowest BCUT2D eigenvalue weighted by atomic mass is 10.2. The molecule has 0 radical (unpaired) electrons. The number of nitrogens with zero attached hydrogens (tertiary/aromatic N) is 1. The van der Waals surface area contributed by atoms with Crippen molar-refractivity contribution in [3.63, 3.8) is 0 Å². The van der Waals surface area contributed by atoms with Crippen molar-refractivity contribution in [1.82, 2.24) is 0 Å². The number of hydrogen-bond acceptors (Lipinski definition) is 4. The van der Waals surface area contributed by atoms with E-state index in [0.29, 0.717) is 19.0 Å². The Hall–Kier alpha value is -1.76. The zero-order valence-electron chi connectivity index (χ0n) is 13.5. The van der Waals surface area contributed by atoms with E-state index in [2.05, 4.69) is 27.6 Å². The first-order valence-corrected chi connectivity index (χ1v) is 8.53. The summed E-state index contributed by atoms with van der Waals surface area (Å²) in [4.78, 5) is 4.49. The van der Waals surface area contributed by atoms with Crippen LogP contribution in [0.25, 0.3) is 0 Å². The third-order valence-electron chi connectivity index (χ3n) is 3.05. The summed E-state index contributed by atoms with van der Waals surface area (Å²) >= 11 is 2.24. The first kappa shape index (κ1) is 17.6. The van der Waals surface area contributed by atoms with Gasteiger partial charge in [0.05, 0.1) is 29.6 Å². The van der Waals surface area contributed by atoms with Crippen LogP contribution in [0.2, 0.25) is 0 Å². The van der Waals surface area contributed by atoms with E-state index in [4.69, 9.17) is 14.2 Å². The predicted molar refractivity (Wildman–Crippen MR) is 102 cm³/mol. The number of halogens is 1. The first-order valence-electron chi connectivity index (χ1n) is 7.45. The van der Waals surface area contributed by atoms with Gasteiger partial charge in [-0.15, -0.1) is 0 Å². The zero-order chi connectivity index (χ0) is 16.7. The number of benzene rings is 2. The molecule has 0 amide bonds. The van der Waals surface area contributed by atoms with E-state index in [0.717, 1.165) is 26.3 Å². The van der Waals surface area contributed by atoms with E-state index < -0.39 is 0 Å². The van der Waals surface area contributed by atoms with Crippen molar-refractivity contribution in [3.05, 3.63) is 45.5 Å². The lowest BCUT2D eigenvalue weighted by Crippen LogP contribution is -1.99. The fourth-order valence-electron chi connectivity index (χ4n) is 2.04. The summed E-state index contributed by atoms with van der Waals surface area (Å²) in [5, 5.41) is 0. The summed E-state index contributed by atoms with van der Waals surface area (Å²) in [5.74, 6) is 2.34. The van der Waals surface area contributed by atoms with Crippen LogP contribution < -0.4 is 14.2 Å². The van der Waals surface area contributed by atoms with E-state index in [9.17, 15) is 0 Å². The number of rotatable bonds is 7. The second kappa shape index (κ2) is 8.76. The van der Waals surface area contributed by atoms with Crippen LogP contribution in [0.3, 0.4) is 0 Å². The molecule has 0 spiro atoms. The second-order valence-electron chi connectivity index (χ2n) is 4.65. The Morgan fingerprint density at radius 1 is 1.04 bits per heavy atom. The Kier molecular flexibility index (Phi) is 6.70. The normalized spacial score (nSPS) is 10.8. The molecule has 0 aliphatic carbocycles. The summed E-state index contributed by atoms with van der Waals surface area (Å²) in [7, 11) is 1.64. The second-order valence-corrected chi connectivity index (χ2v) is 5.81. The molecule has 5 heteroatoms. The van der Waals surface area contributed by atoms with Crippen molar-refractivity contribution in [2.45, 2.75) is 13.8 Å². The van der Waals surface area contributed by atoms with Crippen molar-refractivity contribution in [3.8, 4) is 17.2 Å². The third kappa shape index (κ3) is 4.86. The van der Waals surface area contributed by atoms with Crippen LogP contribution in [0.15, 0.2) is 41.4 Å². The predicted octanol–water partition coefficient (Wildman–Crippen LogP) is 4.85. The molecule has 0 unspecified atom stereocenters. The quantitative estimate of drug-likeness (QED) is 0.471. The van der Waals surface area contributed by atoms with E-state index in [1.54, 1.807) is 7.11 Å². The van der Waals surface area contributed by atoms with Gasteiger partial charge in [0.25, 0.3) is 0 Å². The van der Waals surface area contributed by atoms with Crippen LogP contribution >= 0.6 is 22.6 Å². The van der Waals surface area contributed by atoms with Crippen LogP contribution in [0.1, 0.15) is 19.4 Å². The van der Waals surface area contributed by atoms with Crippen molar-refractivity contribution in [1.29, 1.82) is 0 Å². The van der Waals surface area contributed by atoms with Crippen LogP contribution in [0.4, 0.5) is 5.69 Å². The van der Waals surface area contributed by atoms with Gasteiger partial charge in [0.1, 0.15) is 5.75 Å². The molecule has 0 atom stereocenters. The highest BCUT2D eigenvalue weighted by Gasteiger charge is 2.10. The highest BCUT2D eigenvalue weighted by atomic mass is 127. The Labute approximate surface area is 150 Å². The smallest absolute Gasteiger partial charge is 0.174 e. The average Bonchev–Trinajstić information content (AvgIpc) is 2.56. The zero-order valence-corrected chi connectivity index (χ0v) is 15.7. The highest BCUT2D eigenvalue weighted by molar-refractivity contribution is 14.1. The lowest BCUT2D eigenvalue weighted by molar-refractivity contribution is 0.308. The van der Waals surface area contributed by atoms with Gasteiger partial charge < -0.3 is 14.2 Å². The molecule has 4 nitrogen and oxygen atoms in total. The molecule has 0 N–H and O–H groups in total. The molecule has 2 aromatic rings. The van der Waals surface area contributed by atoms with Gasteiger partial charge in [0, 0.05) is 6.21 Å². The molecule has 23 heavy (non-hydrogen) atoms. The molecule has 0 aliphatic rings. The van der Waals surface area contributed by atoms with E-state index in [1.165, 1.54) is 0 Å². The molecule has 122 valence electrons. The van der Waals surface area contributed by atoms with Crippen LogP contribution in [0.5, 0.6) is 17.2 Å². The summed E-state index contributed by atoms with van der Waals surface area (Å²) < 4.78 is 17.4. The van der Waals surface area contributed by atoms with Gasteiger partial charge in [-0.1, -0.05) is 0 Å². The Morgan fingerprint density at radius 2 is 1.74 bits per heavy atom. The summed E-state index contributed by atoms with van der Waals surface area (Å²) in [5.41, 5.74) is 1.83. The highest BCUT2D eigenvalue weighted by Crippen LogP contribution is 2.33. The van der Waals surface area contributed by atoms with Crippen LogP contribution in [0, 0.1) is 3.57 Å². The molecule has 0 heterocycles. The van der Waals surface area contributed by atoms with Crippen LogP contribution in [-0.4, -0.2) is 26.5 Å². The molecule has 0 aromatic heterocycles. The molecule has 2 aromatic carbocycles. The summed E-state index contributed by atoms with van der Waals surface area (Å²) in [6, 6.07) is 11.6. The standard InChI is InChI=1S/C18H20INO3/c1-4-22-15-8-6-14(7-9-15)20-12-13-10-16(19)18(23-5-2)17(11-13)21-3/h6-12H,4-5H2,1-3H3. The van der Waals surface area contributed by atoms with Gasteiger partial charge in [-0.2, -0.15) is 0 Å². The molecule has 0 aliphatic heterocycles. The van der Waals surface area contributed by atoms with Crippen molar-refractivity contribution >= 4 is 34.5 Å². The number of aliphatic imine (C=N–C) groups is 1. The van der Waals surface area contributed by atoms with Crippen molar-refractivity contribution in [2.24, 2.45) is 4.99 Å². The first-order chi connectivity index (χ1) is 11.2. The van der Waals surface area contributed by atoms with Crippen molar-refractivity contribution < 1.29 is 14.2 Å². The summed E-state index contributed by atoms with van der Waals surface area (Å²) in [6.07, 6.45) is 1.82. The van der Waals surface area contributed by atoms with E-state index >= 15 is 0 Å². The summed E-state index contributed by atoms with van der Waals surface area (Å²) in [6.45, 7) is 5.18. The van der Waals surface area contributed by atoms with Gasteiger partial charge in [0.15, 0.2) is 11.5 Å². The SMILES string of the molecule is CCOc1ccc(N=Cc2cc(I)c(OCC)c(OC)c2)cc1. The van der Waals surface area contributed by atoms with Gasteiger partial charge in [-0.05, 0) is 78.4 Å². The van der Waals surface area contributed by atoms with Gasteiger partial charge in [0.2, 0.25) is 0 Å². The molecule has 0 saturated carbocycles. The molecule has 0 fully saturated rings. The van der Waals surface area contributed by atoms with Gasteiger partial charge in [-0.3, -0.25) is 4.99 Å². The Balaban J connectivity index is 2.20. The minimum Gasteiger partial charge on any atom is -0.494 e. The largest absolute Gasteiger partial charge is 0.494 e.